The standard InChI is InChI=1S/C13H16O4.K/c1-3-13(11(14)15,12(16)17-4-2)10-8-6-5-7-9-10;/h5-9H,3-4H2,1-2H3,(H,14,15);/q;+1/p-1. The van der Waals surface area contributed by atoms with E-state index in [4.69, 9.17) is 4.74 Å². The summed E-state index contributed by atoms with van der Waals surface area (Å²) in [6.07, 6.45) is 0.0954. The van der Waals surface area contributed by atoms with E-state index in [0.29, 0.717) is 5.56 Å². The third-order valence-electron chi connectivity index (χ3n) is 2.77. The smallest absolute Gasteiger partial charge is 0.549 e. The van der Waals surface area contributed by atoms with Gasteiger partial charge in [-0.15, -0.1) is 0 Å². The van der Waals surface area contributed by atoms with E-state index in [9.17, 15) is 14.7 Å². The monoisotopic (exact) mass is 274 g/mol. The second kappa shape index (κ2) is 8.06. The Morgan fingerprint density at radius 2 is 1.78 bits per heavy atom. The van der Waals surface area contributed by atoms with Crippen LogP contribution in [0.2, 0.25) is 0 Å². The number of ether oxygens (including phenoxy) is 1. The molecule has 0 aromatic heterocycles. The van der Waals surface area contributed by atoms with Crippen molar-refractivity contribution < 1.29 is 70.8 Å². The summed E-state index contributed by atoms with van der Waals surface area (Å²) in [5.74, 6) is -2.20. The molecule has 0 aliphatic carbocycles. The van der Waals surface area contributed by atoms with E-state index in [1.54, 1.807) is 44.2 Å². The van der Waals surface area contributed by atoms with Gasteiger partial charge in [-0.1, -0.05) is 37.3 Å². The molecule has 0 aliphatic heterocycles. The maximum atomic E-state index is 11.9. The normalized spacial score (nSPS) is 13.0. The first kappa shape index (κ1) is 17.8. The van der Waals surface area contributed by atoms with Crippen LogP contribution in [0, 0.1) is 0 Å². The van der Waals surface area contributed by atoms with Crippen LogP contribution in [-0.2, 0) is 19.7 Å². The van der Waals surface area contributed by atoms with E-state index in [0.717, 1.165) is 0 Å². The van der Waals surface area contributed by atoms with E-state index in [2.05, 4.69) is 0 Å². The van der Waals surface area contributed by atoms with Crippen molar-refractivity contribution >= 4 is 11.9 Å². The van der Waals surface area contributed by atoms with Crippen molar-refractivity contribution in [1.82, 2.24) is 0 Å². The summed E-state index contributed by atoms with van der Waals surface area (Å²) < 4.78 is 4.85. The minimum atomic E-state index is -1.71. The Labute approximate surface area is 149 Å². The van der Waals surface area contributed by atoms with Gasteiger partial charge in [0, 0.05) is 0 Å². The summed E-state index contributed by atoms with van der Waals surface area (Å²) in [7, 11) is 0. The number of rotatable bonds is 5. The van der Waals surface area contributed by atoms with Gasteiger partial charge in [-0.2, -0.15) is 0 Å². The van der Waals surface area contributed by atoms with E-state index in [-0.39, 0.29) is 64.4 Å². The van der Waals surface area contributed by atoms with Gasteiger partial charge in [-0.05, 0) is 18.9 Å². The molecule has 0 amide bonds. The quantitative estimate of drug-likeness (QED) is 0.343. The molecule has 1 rings (SSSR count). The largest absolute Gasteiger partial charge is 1.00 e. The molecule has 0 saturated carbocycles. The van der Waals surface area contributed by atoms with E-state index >= 15 is 0 Å². The molecule has 1 unspecified atom stereocenters. The van der Waals surface area contributed by atoms with Gasteiger partial charge < -0.3 is 14.6 Å². The van der Waals surface area contributed by atoms with Crippen LogP contribution < -0.4 is 56.5 Å². The van der Waals surface area contributed by atoms with Crippen molar-refractivity contribution in [2.75, 3.05) is 6.61 Å². The van der Waals surface area contributed by atoms with Crippen LogP contribution in [0.4, 0.5) is 0 Å². The Morgan fingerprint density at radius 3 is 2.17 bits per heavy atom. The zero-order valence-corrected chi connectivity index (χ0v) is 14.1. The Morgan fingerprint density at radius 1 is 1.22 bits per heavy atom. The second-order valence-corrected chi connectivity index (χ2v) is 3.63. The first-order valence-electron chi connectivity index (χ1n) is 5.53. The zero-order chi connectivity index (χ0) is 12.9. The van der Waals surface area contributed by atoms with Crippen LogP contribution >= 0.6 is 0 Å². The SMILES string of the molecule is CCOC(=O)C(CC)(C(=O)[O-])c1ccccc1.[K+]. The van der Waals surface area contributed by atoms with Crippen molar-refractivity contribution in [2.24, 2.45) is 0 Å². The van der Waals surface area contributed by atoms with Gasteiger partial charge in [-0.3, -0.25) is 4.79 Å². The number of benzene rings is 1. The number of esters is 1. The molecular formula is C13H15KO4. The third kappa shape index (κ3) is 3.42. The van der Waals surface area contributed by atoms with E-state index < -0.39 is 17.4 Å². The summed E-state index contributed by atoms with van der Waals surface area (Å²) >= 11 is 0. The molecule has 0 spiro atoms. The number of aliphatic carboxylic acids is 1. The fourth-order valence-electron chi connectivity index (χ4n) is 1.79. The van der Waals surface area contributed by atoms with Gasteiger partial charge in [0.2, 0.25) is 0 Å². The van der Waals surface area contributed by atoms with Crippen LogP contribution in [0.1, 0.15) is 25.8 Å². The molecule has 0 aliphatic rings. The predicted octanol–water partition coefficient (Wildman–Crippen LogP) is -2.35. The molecule has 18 heavy (non-hydrogen) atoms. The number of hydrogen-bond donors (Lipinski definition) is 0. The summed E-state index contributed by atoms with van der Waals surface area (Å²) in [4.78, 5) is 23.3. The summed E-state index contributed by atoms with van der Waals surface area (Å²) in [6.45, 7) is 3.40. The number of carbonyl (C=O) groups excluding carboxylic acids is 2. The minimum absolute atomic E-state index is 0. The average molecular weight is 274 g/mol. The molecule has 0 saturated heterocycles. The maximum Gasteiger partial charge on any atom is 1.00 e. The fraction of sp³-hybridized carbons (Fsp3) is 0.385. The maximum absolute atomic E-state index is 11.9. The number of hydrogen-bond acceptors (Lipinski definition) is 4. The molecule has 1 aromatic carbocycles. The molecule has 0 N–H and O–H groups in total. The Kier molecular flexibility index (Phi) is 7.97. The summed E-state index contributed by atoms with van der Waals surface area (Å²) in [5.41, 5.74) is -1.32. The fourth-order valence-corrected chi connectivity index (χ4v) is 1.79. The first-order chi connectivity index (χ1) is 8.09. The van der Waals surface area contributed by atoms with Crippen molar-refractivity contribution in [2.45, 2.75) is 25.7 Å². The Bertz CT molecular complexity index is 405. The first-order valence-corrected chi connectivity index (χ1v) is 5.53. The molecule has 0 radical (unpaired) electrons. The van der Waals surface area contributed by atoms with Crippen molar-refractivity contribution in [3.05, 3.63) is 35.9 Å². The van der Waals surface area contributed by atoms with Crippen LogP contribution in [0.15, 0.2) is 30.3 Å². The number of carbonyl (C=O) groups is 2. The van der Waals surface area contributed by atoms with Gasteiger partial charge in [0.25, 0.3) is 0 Å². The van der Waals surface area contributed by atoms with E-state index in [1.807, 2.05) is 0 Å². The molecule has 4 nitrogen and oxygen atoms in total. The third-order valence-corrected chi connectivity index (χ3v) is 2.77. The van der Waals surface area contributed by atoms with Gasteiger partial charge in [0.05, 0.1) is 12.6 Å². The number of carboxylic acid groups (broad SMARTS) is 1. The van der Waals surface area contributed by atoms with Gasteiger partial charge in [0.15, 0.2) is 0 Å². The molecule has 5 heteroatoms. The van der Waals surface area contributed by atoms with Gasteiger partial charge in [0.1, 0.15) is 5.41 Å². The molecule has 0 bridgehead atoms. The van der Waals surface area contributed by atoms with E-state index in [1.165, 1.54) is 0 Å². The van der Waals surface area contributed by atoms with Crippen LogP contribution in [-0.4, -0.2) is 18.5 Å². The molecule has 1 atom stereocenters. The average Bonchev–Trinajstić information content (AvgIpc) is 2.32. The second-order valence-electron chi connectivity index (χ2n) is 3.63. The molecular weight excluding hydrogens is 259 g/mol. The molecule has 1 aromatic rings. The van der Waals surface area contributed by atoms with Crippen LogP contribution in [0.3, 0.4) is 0 Å². The predicted molar refractivity (Wildman–Crippen MR) is 60.1 cm³/mol. The zero-order valence-electron chi connectivity index (χ0n) is 10.9. The molecule has 0 fully saturated rings. The molecule has 0 heterocycles. The van der Waals surface area contributed by atoms with Crippen molar-refractivity contribution in [3.63, 3.8) is 0 Å². The van der Waals surface area contributed by atoms with Crippen LogP contribution in [0.25, 0.3) is 0 Å². The van der Waals surface area contributed by atoms with Gasteiger partial charge in [-0.25, -0.2) is 0 Å². The summed E-state index contributed by atoms with van der Waals surface area (Å²) in [5, 5.41) is 11.4. The minimum Gasteiger partial charge on any atom is -0.549 e. The Hall–Kier alpha value is -0.204. The topological polar surface area (TPSA) is 66.4 Å². The van der Waals surface area contributed by atoms with Gasteiger partial charge >= 0.3 is 57.4 Å². The van der Waals surface area contributed by atoms with Crippen LogP contribution in [0.5, 0.6) is 0 Å². The van der Waals surface area contributed by atoms with Crippen molar-refractivity contribution in [3.8, 4) is 0 Å². The van der Waals surface area contributed by atoms with Crippen molar-refractivity contribution in [1.29, 1.82) is 0 Å². The Balaban J connectivity index is 0.00000289. The summed E-state index contributed by atoms with van der Waals surface area (Å²) in [6, 6.07) is 8.31. The molecule has 92 valence electrons. The number of carboxylic acids is 1.